The number of nitrogens with zero attached hydrogens (tertiary/aromatic N) is 3. The number of rotatable bonds is 7. The molecule has 23 heavy (non-hydrogen) atoms. The standard InChI is InChI=1S/C17H34N4O2/c1-8-23-11-9-10-18-15(19-12-14(22)20(6)7)21-13-16(2,3)17(21,4)5/h8-13H2,1-7H3,(H,18,19). The predicted octanol–water partition coefficient (Wildman–Crippen LogP) is 1.57. The molecule has 0 spiro atoms. The van der Waals surface area contributed by atoms with Gasteiger partial charge in [-0.1, -0.05) is 13.8 Å². The number of hydrogen-bond acceptors (Lipinski definition) is 3. The summed E-state index contributed by atoms with van der Waals surface area (Å²) < 4.78 is 5.37. The van der Waals surface area contributed by atoms with Crippen molar-refractivity contribution in [2.24, 2.45) is 10.4 Å². The minimum Gasteiger partial charge on any atom is -0.382 e. The highest BCUT2D eigenvalue weighted by Crippen LogP contribution is 2.46. The molecule has 1 fully saturated rings. The molecule has 134 valence electrons. The van der Waals surface area contributed by atoms with Crippen LogP contribution in [0.4, 0.5) is 0 Å². The molecule has 0 aliphatic carbocycles. The van der Waals surface area contributed by atoms with E-state index in [9.17, 15) is 4.79 Å². The largest absolute Gasteiger partial charge is 0.382 e. The Hall–Kier alpha value is -1.30. The minimum atomic E-state index is 0.0104. The summed E-state index contributed by atoms with van der Waals surface area (Å²) in [7, 11) is 3.51. The number of likely N-dealkylation sites (N-methyl/N-ethyl adjacent to an activating group) is 1. The third-order valence-corrected chi connectivity index (χ3v) is 4.96. The van der Waals surface area contributed by atoms with Crippen LogP contribution in [0.2, 0.25) is 0 Å². The highest BCUT2D eigenvalue weighted by Gasteiger charge is 2.53. The van der Waals surface area contributed by atoms with E-state index in [0.717, 1.165) is 38.7 Å². The molecule has 6 nitrogen and oxygen atoms in total. The summed E-state index contributed by atoms with van der Waals surface area (Å²) in [4.78, 5) is 20.2. The van der Waals surface area contributed by atoms with Gasteiger partial charge in [0.15, 0.2) is 5.96 Å². The summed E-state index contributed by atoms with van der Waals surface area (Å²) in [5, 5.41) is 3.39. The maximum atomic E-state index is 11.8. The highest BCUT2D eigenvalue weighted by atomic mass is 16.5. The van der Waals surface area contributed by atoms with Crippen LogP contribution in [-0.2, 0) is 9.53 Å². The van der Waals surface area contributed by atoms with Gasteiger partial charge in [0.25, 0.3) is 0 Å². The monoisotopic (exact) mass is 326 g/mol. The second kappa shape index (κ2) is 7.99. The number of hydrogen-bond donors (Lipinski definition) is 1. The van der Waals surface area contributed by atoms with E-state index in [4.69, 9.17) is 4.74 Å². The Morgan fingerprint density at radius 1 is 1.30 bits per heavy atom. The number of guanidine groups is 1. The van der Waals surface area contributed by atoms with Gasteiger partial charge in [-0.25, -0.2) is 4.99 Å². The maximum Gasteiger partial charge on any atom is 0.243 e. The average Bonchev–Trinajstić information content (AvgIpc) is 2.47. The van der Waals surface area contributed by atoms with E-state index in [-0.39, 0.29) is 23.4 Å². The smallest absolute Gasteiger partial charge is 0.243 e. The van der Waals surface area contributed by atoms with Crippen LogP contribution < -0.4 is 5.32 Å². The van der Waals surface area contributed by atoms with Gasteiger partial charge in [0.1, 0.15) is 6.54 Å². The Morgan fingerprint density at radius 2 is 1.96 bits per heavy atom. The summed E-state index contributed by atoms with van der Waals surface area (Å²) in [5.74, 6) is 0.831. The normalized spacial score (nSPS) is 19.3. The first-order valence-electron chi connectivity index (χ1n) is 8.47. The lowest BCUT2D eigenvalue weighted by Gasteiger charge is -2.62. The Labute approximate surface area is 141 Å². The van der Waals surface area contributed by atoms with E-state index in [1.54, 1.807) is 19.0 Å². The molecule has 1 heterocycles. The molecule has 0 radical (unpaired) electrons. The SMILES string of the molecule is CCOCCCNC(=NCC(=O)N(C)C)N1CC(C)(C)C1(C)C. The number of carbonyl (C=O) groups excluding carboxylic acids is 1. The molecule has 6 heteroatoms. The van der Waals surface area contributed by atoms with Crippen LogP contribution >= 0.6 is 0 Å². The lowest BCUT2D eigenvalue weighted by molar-refractivity contribution is -0.127. The van der Waals surface area contributed by atoms with Gasteiger partial charge in [0.05, 0.1) is 0 Å². The molecule has 1 amide bonds. The van der Waals surface area contributed by atoms with Crippen LogP contribution in [0.3, 0.4) is 0 Å². The first-order valence-corrected chi connectivity index (χ1v) is 8.47. The summed E-state index contributed by atoms with van der Waals surface area (Å²) in [6, 6.07) is 0. The van der Waals surface area contributed by atoms with Crippen molar-refractivity contribution in [2.45, 2.75) is 46.6 Å². The fraction of sp³-hybridized carbons (Fsp3) is 0.882. The summed E-state index contributed by atoms with van der Waals surface area (Å²) in [6.45, 7) is 14.4. The average molecular weight is 326 g/mol. The lowest BCUT2D eigenvalue weighted by Crippen LogP contribution is -2.72. The van der Waals surface area contributed by atoms with E-state index < -0.39 is 0 Å². The third-order valence-electron chi connectivity index (χ3n) is 4.96. The molecule has 1 aliphatic rings. The van der Waals surface area contributed by atoms with Crippen molar-refractivity contribution in [1.82, 2.24) is 15.1 Å². The highest BCUT2D eigenvalue weighted by molar-refractivity contribution is 5.86. The van der Waals surface area contributed by atoms with E-state index in [1.807, 2.05) is 6.92 Å². The van der Waals surface area contributed by atoms with Crippen LogP contribution in [0, 0.1) is 5.41 Å². The Morgan fingerprint density at radius 3 is 2.43 bits per heavy atom. The first-order chi connectivity index (χ1) is 10.6. The Kier molecular flexibility index (Phi) is 6.86. The quantitative estimate of drug-likeness (QED) is 0.438. The molecule has 1 rings (SSSR count). The van der Waals surface area contributed by atoms with Gasteiger partial charge in [0.2, 0.25) is 5.91 Å². The fourth-order valence-corrected chi connectivity index (χ4v) is 2.44. The number of likely N-dealkylation sites (tertiary alicyclic amines) is 1. The maximum absolute atomic E-state index is 11.8. The molecular formula is C17H34N4O2. The first kappa shape index (κ1) is 19.7. The Balaban J connectivity index is 2.70. The molecule has 0 bridgehead atoms. The number of nitrogens with one attached hydrogen (secondary N) is 1. The predicted molar refractivity (Wildman–Crippen MR) is 94.7 cm³/mol. The van der Waals surface area contributed by atoms with Crippen LogP contribution in [0.5, 0.6) is 0 Å². The molecule has 1 aliphatic heterocycles. The fourth-order valence-electron chi connectivity index (χ4n) is 2.44. The molecule has 1 N–H and O–H groups in total. The number of aliphatic imine (C=N–C) groups is 1. The molecule has 0 atom stereocenters. The molecule has 1 saturated heterocycles. The van der Waals surface area contributed by atoms with E-state index in [1.165, 1.54) is 0 Å². The number of carbonyl (C=O) groups is 1. The Bertz CT molecular complexity index is 430. The van der Waals surface area contributed by atoms with E-state index in [2.05, 4.69) is 42.9 Å². The van der Waals surface area contributed by atoms with E-state index in [0.29, 0.717) is 0 Å². The molecule has 0 aromatic rings. The number of amides is 1. The van der Waals surface area contributed by atoms with Crippen molar-refractivity contribution < 1.29 is 9.53 Å². The van der Waals surface area contributed by atoms with Crippen molar-refractivity contribution in [3.8, 4) is 0 Å². The molecule has 0 unspecified atom stereocenters. The van der Waals surface area contributed by atoms with Gasteiger partial charge in [-0.15, -0.1) is 0 Å². The topological polar surface area (TPSA) is 57.2 Å². The second-order valence-electron chi connectivity index (χ2n) is 7.43. The summed E-state index contributed by atoms with van der Waals surface area (Å²) >= 11 is 0. The van der Waals surface area contributed by atoms with Crippen LogP contribution in [0.1, 0.15) is 41.0 Å². The van der Waals surface area contributed by atoms with Gasteiger partial charge in [-0.05, 0) is 27.2 Å². The van der Waals surface area contributed by atoms with Crippen molar-refractivity contribution >= 4 is 11.9 Å². The van der Waals surface area contributed by atoms with Gasteiger partial charge < -0.3 is 19.9 Å². The van der Waals surface area contributed by atoms with Crippen molar-refractivity contribution in [3.63, 3.8) is 0 Å². The molecular weight excluding hydrogens is 292 g/mol. The molecule has 0 aromatic heterocycles. The summed E-state index contributed by atoms with van der Waals surface area (Å²) in [6.07, 6.45) is 0.923. The molecule has 0 saturated carbocycles. The minimum absolute atomic E-state index is 0.0104. The zero-order chi connectivity index (χ0) is 17.7. The van der Waals surface area contributed by atoms with Crippen LogP contribution in [-0.4, -0.2) is 74.1 Å². The van der Waals surface area contributed by atoms with Crippen LogP contribution in [0.15, 0.2) is 4.99 Å². The molecule has 0 aromatic carbocycles. The van der Waals surface area contributed by atoms with Crippen molar-refractivity contribution in [3.05, 3.63) is 0 Å². The second-order valence-corrected chi connectivity index (χ2v) is 7.43. The number of ether oxygens (including phenoxy) is 1. The van der Waals surface area contributed by atoms with Crippen LogP contribution in [0.25, 0.3) is 0 Å². The van der Waals surface area contributed by atoms with Crippen molar-refractivity contribution in [2.75, 3.05) is 46.9 Å². The van der Waals surface area contributed by atoms with Crippen molar-refractivity contribution in [1.29, 1.82) is 0 Å². The zero-order valence-corrected chi connectivity index (χ0v) is 15.9. The van der Waals surface area contributed by atoms with E-state index >= 15 is 0 Å². The van der Waals surface area contributed by atoms with Gasteiger partial charge in [0, 0.05) is 51.4 Å². The lowest BCUT2D eigenvalue weighted by atomic mass is 9.65. The third kappa shape index (κ3) is 4.83. The van der Waals surface area contributed by atoms with Gasteiger partial charge in [-0.2, -0.15) is 0 Å². The zero-order valence-electron chi connectivity index (χ0n) is 15.9. The van der Waals surface area contributed by atoms with Gasteiger partial charge in [-0.3, -0.25) is 4.79 Å². The van der Waals surface area contributed by atoms with Gasteiger partial charge >= 0.3 is 0 Å². The summed E-state index contributed by atoms with van der Waals surface area (Å²) in [5.41, 5.74) is 0.242.